The predicted octanol–water partition coefficient (Wildman–Crippen LogP) is 6.37. The Morgan fingerprint density at radius 2 is 1.54 bits per heavy atom. The van der Waals surface area contributed by atoms with Crippen LogP contribution in [0.2, 0.25) is 0 Å². The lowest BCUT2D eigenvalue weighted by molar-refractivity contribution is -0.120. The van der Waals surface area contributed by atoms with Crippen LogP contribution in [0.1, 0.15) is 59.3 Å². The van der Waals surface area contributed by atoms with Gasteiger partial charge in [-0.2, -0.15) is 0 Å². The van der Waals surface area contributed by atoms with Gasteiger partial charge in [0.15, 0.2) is 5.11 Å². The average molecular weight is 488 g/mol. The molecule has 6 heteroatoms. The number of thiocarbonyl (C=S) groups is 1. The number of rotatable bonds is 7. The average Bonchev–Trinajstić information content (AvgIpc) is 2.81. The molecule has 0 spiro atoms. The van der Waals surface area contributed by atoms with Gasteiger partial charge >= 0.3 is 0 Å². The summed E-state index contributed by atoms with van der Waals surface area (Å²) >= 11 is 5.38. The van der Waals surface area contributed by atoms with Gasteiger partial charge in [0.25, 0.3) is 5.91 Å². The molecule has 0 saturated heterocycles. The maximum absolute atomic E-state index is 12.9. The minimum absolute atomic E-state index is 0.143. The Bertz CT molecular complexity index is 1220. The minimum atomic E-state index is -0.369. The van der Waals surface area contributed by atoms with Crippen molar-refractivity contribution in [3.63, 3.8) is 0 Å². The van der Waals surface area contributed by atoms with E-state index in [2.05, 4.69) is 41.9 Å². The van der Waals surface area contributed by atoms with E-state index in [-0.39, 0.29) is 22.8 Å². The van der Waals surface area contributed by atoms with Crippen molar-refractivity contribution in [2.45, 2.75) is 47.0 Å². The maximum Gasteiger partial charge on any atom is 0.257 e. The Kier molecular flexibility index (Phi) is 8.77. The van der Waals surface area contributed by atoms with Crippen LogP contribution in [0.15, 0.2) is 66.7 Å². The van der Waals surface area contributed by atoms with E-state index in [1.54, 1.807) is 24.3 Å². The lowest BCUT2D eigenvalue weighted by Crippen LogP contribution is -2.37. The van der Waals surface area contributed by atoms with Crippen molar-refractivity contribution in [3.05, 3.63) is 94.5 Å². The highest BCUT2D eigenvalue weighted by Gasteiger charge is 2.18. The fraction of sp³-hybridized carbons (Fsp3) is 0.276. The predicted molar refractivity (Wildman–Crippen MR) is 148 cm³/mol. The highest BCUT2D eigenvalue weighted by Crippen LogP contribution is 2.20. The van der Waals surface area contributed by atoms with Crippen molar-refractivity contribution >= 4 is 40.5 Å². The van der Waals surface area contributed by atoms with E-state index in [0.29, 0.717) is 17.2 Å². The number of nitrogens with one attached hydrogen (secondary N) is 3. The molecule has 0 aromatic heterocycles. The first-order chi connectivity index (χ1) is 16.6. The lowest BCUT2D eigenvalue weighted by atomic mass is 9.96. The minimum Gasteiger partial charge on any atom is -0.332 e. The fourth-order valence-corrected chi connectivity index (χ4v) is 3.96. The largest absolute Gasteiger partial charge is 0.332 e. The van der Waals surface area contributed by atoms with E-state index in [9.17, 15) is 9.59 Å². The summed E-state index contributed by atoms with van der Waals surface area (Å²) < 4.78 is 0. The summed E-state index contributed by atoms with van der Waals surface area (Å²) in [5.41, 5.74) is 6.10. The van der Waals surface area contributed by atoms with Gasteiger partial charge in [-0.3, -0.25) is 9.59 Å². The number of hydrogen-bond donors (Lipinski definition) is 3. The Hall–Kier alpha value is -3.51. The Morgan fingerprint density at radius 1 is 0.857 bits per heavy atom. The van der Waals surface area contributed by atoms with Crippen LogP contribution in [0.3, 0.4) is 0 Å². The molecule has 182 valence electrons. The van der Waals surface area contributed by atoms with Crippen LogP contribution >= 0.6 is 12.2 Å². The van der Waals surface area contributed by atoms with E-state index in [0.717, 1.165) is 28.8 Å². The SMILES string of the molecule is Cc1ccc(NC(=O)c2ccccc2NC(=S)NC(=O)C(C)c2ccc(CC(C)C)cc2)cc1C. The van der Waals surface area contributed by atoms with E-state index in [1.165, 1.54) is 5.56 Å². The molecule has 3 rings (SSSR count). The molecule has 0 bridgehead atoms. The zero-order valence-electron chi connectivity index (χ0n) is 20.9. The van der Waals surface area contributed by atoms with E-state index >= 15 is 0 Å². The Morgan fingerprint density at radius 3 is 2.20 bits per heavy atom. The van der Waals surface area contributed by atoms with Crippen molar-refractivity contribution in [1.82, 2.24) is 5.32 Å². The van der Waals surface area contributed by atoms with Crippen molar-refractivity contribution < 1.29 is 9.59 Å². The number of hydrogen-bond acceptors (Lipinski definition) is 3. The highest BCUT2D eigenvalue weighted by molar-refractivity contribution is 7.80. The third-order valence-corrected chi connectivity index (χ3v) is 6.14. The molecule has 2 amide bonds. The molecule has 3 aromatic carbocycles. The molecule has 3 aromatic rings. The zero-order chi connectivity index (χ0) is 25.5. The summed E-state index contributed by atoms with van der Waals surface area (Å²) in [5, 5.41) is 8.83. The molecule has 0 radical (unpaired) electrons. The third-order valence-electron chi connectivity index (χ3n) is 5.94. The number of aryl methyl sites for hydroxylation is 2. The molecule has 0 heterocycles. The zero-order valence-corrected chi connectivity index (χ0v) is 21.8. The topological polar surface area (TPSA) is 70.2 Å². The van der Waals surface area contributed by atoms with Crippen molar-refractivity contribution in [2.24, 2.45) is 5.92 Å². The van der Waals surface area contributed by atoms with Gasteiger partial charge in [0.1, 0.15) is 0 Å². The molecule has 1 atom stereocenters. The van der Waals surface area contributed by atoms with E-state index in [1.807, 2.05) is 51.1 Å². The third kappa shape index (κ3) is 7.23. The van der Waals surface area contributed by atoms with Crippen molar-refractivity contribution in [1.29, 1.82) is 0 Å². The number of carbonyl (C=O) groups excluding carboxylic acids is 2. The van der Waals surface area contributed by atoms with Gasteiger partial charge in [0.2, 0.25) is 5.91 Å². The van der Waals surface area contributed by atoms with Gasteiger partial charge in [-0.1, -0.05) is 56.3 Å². The molecule has 0 aliphatic carbocycles. The quantitative estimate of drug-likeness (QED) is 0.339. The number of amides is 2. The first-order valence-electron chi connectivity index (χ1n) is 11.8. The molecule has 5 nitrogen and oxygen atoms in total. The lowest BCUT2D eigenvalue weighted by Gasteiger charge is -2.16. The smallest absolute Gasteiger partial charge is 0.257 e. The second-order valence-corrected chi connectivity index (χ2v) is 9.71. The highest BCUT2D eigenvalue weighted by atomic mass is 32.1. The number of carbonyl (C=O) groups is 2. The van der Waals surface area contributed by atoms with Crippen LogP contribution in [-0.2, 0) is 11.2 Å². The van der Waals surface area contributed by atoms with Crippen LogP contribution in [0, 0.1) is 19.8 Å². The summed E-state index contributed by atoms with van der Waals surface area (Å²) in [6.45, 7) is 10.2. The van der Waals surface area contributed by atoms with E-state index < -0.39 is 0 Å². The molecule has 1 unspecified atom stereocenters. The summed E-state index contributed by atoms with van der Waals surface area (Å²) in [7, 11) is 0. The summed E-state index contributed by atoms with van der Waals surface area (Å²) in [5.74, 6) is -0.265. The molecular weight excluding hydrogens is 454 g/mol. The maximum atomic E-state index is 12.9. The van der Waals surface area contributed by atoms with Gasteiger partial charge in [-0.25, -0.2) is 0 Å². The van der Waals surface area contributed by atoms with Gasteiger partial charge in [0, 0.05) is 5.69 Å². The van der Waals surface area contributed by atoms with Gasteiger partial charge in [-0.05, 0) is 91.8 Å². The standard InChI is InChI=1S/C29H33N3O2S/c1-18(2)16-22-11-13-23(14-12-22)21(5)27(33)32-29(35)31-26-9-7-6-8-25(26)28(34)30-24-15-10-19(3)20(4)17-24/h6-15,17-18,21H,16H2,1-5H3,(H,30,34)(H2,31,32,33,35). The van der Waals surface area contributed by atoms with Gasteiger partial charge in [-0.15, -0.1) is 0 Å². The first-order valence-corrected chi connectivity index (χ1v) is 12.2. The first kappa shape index (κ1) is 26.1. The number of benzene rings is 3. The molecule has 0 fully saturated rings. The van der Waals surface area contributed by atoms with Crippen LogP contribution in [-0.4, -0.2) is 16.9 Å². The number of para-hydroxylation sites is 1. The van der Waals surface area contributed by atoms with Crippen LogP contribution in [0.4, 0.5) is 11.4 Å². The Labute approximate surface area is 213 Å². The second-order valence-electron chi connectivity index (χ2n) is 9.30. The normalized spacial score (nSPS) is 11.6. The molecule has 0 aliphatic heterocycles. The second kappa shape index (κ2) is 11.8. The van der Waals surface area contributed by atoms with Gasteiger partial charge in [0.05, 0.1) is 17.2 Å². The molecular formula is C29H33N3O2S. The van der Waals surface area contributed by atoms with E-state index in [4.69, 9.17) is 12.2 Å². The van der Waals surface area contributed by atoms with Crippen molar-refractivity contribution in [3.8, 4) is 0 Å². The van der Waals surface area contributed by atoms with Crippen LogP contribution < -0.4 is 16.0 Å². The van der Waals surface area contributed by atoms with Crippen molar-refractivity contribution in [2.75, 3.05) is 10.6 Å². The monoisotopic (exact) mass is 487 g/mol. The van der Waals surface area contributed by atoms with Crippen LogP contribution in [0.5, 0.6) is 0 Å². The molecule has 0 aliphatic rings. The van der Waals surface area contributed by atoms with Gasteiger partial charge < -0.3 is 16.0 Å². The summed E-state index contributed by atoms with van der Waals surface area (Å²) in [4.78, 5) is 25.7. The summed E-state index contributed by atoms with van der Waals surface area (Å²) in [6, 6.07) is 21.0. The number of anilines is 2. The Balaban J connectivity index is 1.64. The molecule has 3 N–H and O–H groups in total. The summed E-state index contributed by atoms with van der Waals surface area (Å²) in [6.07, 6.45) is 1.01. The fourth-order valence-electron chi connectivity index (χ4n) is 3.75. The molecule has 35 heavy (non-hydrogen) atoms. The van der Waals surface area contributed by atoms with Crippen LogP contribution in [0.25, 0.3) is 0 Å². The molecule has 0 saturated carbocycles.